The van der Waals surface area contributed by atoms with E-state index in [0.717, 1.165) is 54.4 Å². The molecule has 1 aromatic heterocycles. The molecule has 1 unspecified atom stereocenters. The Hall–Kier alpha value is -1.37. The van der Waals surface area contributed by atoms with Gasteiger partial charge in [0.05, 0.1) is 24.1 Å². The number of aromatic nitrogens is 2. The molecule has 5 nitrogen and oxygen atoms in total. The Kier molecular flexibility index (Phi) is 5.34. The molecule has 1 aliphatic heterocycles. The van der Waals surface area contributed by atoms with E-state index in [1.165, 1.54) is 6.54 Å². The summed E-state index contributed by atoms with van der Waals surface area (Å²) in [5.74, 6) is 1.57. The molecule has 1 N–H and O–H groups in total. The fourth-order valence-electron chi connectivity index (χ4n) is 3.77. The van der Waals surface area contributed by atoms with E-state index in [1.807, 2.05) is 28.8 Å². The number of hydrogen-bond donors (Lipinski definition) is 1. The minimum Gasteiger partial charge on any atom is -0.366 e. The second-order valence-corrected chi connectivity index (χ2v) is 8.91. The predicted molar refractivity (Wildman–Crippen MR) is 105 cm³/mol. The van der Waals surface area contributed by atoms with Gasteiger partial charge in [-0.2, -0.15) is 0 Å². The molecule has 2 fully saturated rings. The number of nitrogens with zero attached hydrogens (tertiary/aromatic N) is 2. The van der Waals surface area contributed by atoms with E-state index in [1.54, 1.807) is 16.7 Å². The summed E-state index contributed by atoms with van der Waals surface area (Å²) < 4.78 is 7.91. The molecule has 0 radical (unpaired) electrons. The van der Waals surface area contributed by atoms with Gasteiger partial charge in [-0.15, -0.1) is 0 Å². The van der Waals surface area contributed by atoms with Crippen LogP contribution in [-0.4, -0.2) is 47.6 Å². The van der Waals surface area contributed by atoms with Crippen molar-refractivity contribution in [1.82, 2.24) is 9.55 Å². The Morgan fingerprint density at radius 1 is 1.35 bits per heavy atom. The van der Waals surface area contributed by atoms with Crippen LogP contribution >= 0.6 is 11.8 Å². The van der Waals surface area contributed by atoms with E-state index in [-0.39, 0.29) is 11.7 Å². The maximum Gasteiger partial charge on any atom is 0.262 e. The average molecular weight is 375 g/mol. The molecule has 2 aromatic rings. The zero-order valence-electron chi connectivity index (χ0n) is 15.6. The first-order valence-electron chi connectivity index (χ1n) is 9.71. The van der Waals surface area contributed by atoms with Crippen LogP contribution in [0.15, 0.2) is 34.2 Å². The largest absolute Gasteiger partial charge is 0.366 e. The molecule has 1 aromatic carbocycles. The van der Waals surface area contributed by atoms with Gasteiger partial charge in [0, 0.05) is 17.7 Å². The summed E-state index contributed by atoms with van der Waals surface area (Å²) in [6.07, 6.45) is 2.40. The lowest BCUT2D eigenvalue weighted by Gasteiger charge is -2.31. The smallest absolute Gasteiger partial charge is 0.262 e. The number of morpholine rings is 1. The first-order valence-corrected chi connectivity index (χ1v) is 10.7. The Labute approximate surface area is 158 Å². The molecule has 26 heavy (non-hydrogen) atoms. The lowest BCUT2D eigenvalue weighted by atomic mass is 10.2. The molecule has 140 valence electrons. The van der Waals surface area contributed by atoms with Gasteiger partial charge in [0.2, 0.25) is 0 Å². The van der Waals surface area contributed by atoms with Crippen molar-refractivity contribution < 1.29 is 9.64 Å². The highest BCUT2D eigenvalue weighted by Gasteiger charge is 2.30. The van der Waals surface area contributed by atoms with Crippen LogP contribution in [0.4, 0.5) is 0 Å². The second kappa shape index (κ2) is 7.71. The molecule has 2 heterocycles. The summed E-state index contributed by atoms with van der Waals surface area (Å²) in [5, 5.41) is 1.58. The van der Waals surface area contributed by atoms with Gasteiger partial charge < -0.3 is 9.64 Å². The molecule has 2 aliphatic rings. The van der Waals surface area contributed by atoms with Crippen LogP contribution in [-0.2, 0) is 4.74 Å². The van der Waals surface area contributed by atoms with Crippen molar-refractivity contribution in [3.63, 3.8) is 0 Å². The Balaban J connectivity index is 1.52. The van der Waals surface area contributed by atoms with E-state index in [4.69, 9.17) is 9.72 Å². The van der Waals surface area contributed by atoms with E-state index >= 15 is 0 Å². The van der Waals surface area contributed by atoms with Crippen LogP contribution in [0.3, 0.4) is 0 Å². The Morgan fingerprint density at radius 3 is 2.92 bits per heavy atom. The van der Waals surface area contributed by atoms with Gasteiger partial charge in [0.15, 0.2) is 5.16 Å². The highest BCUT2D eigenvalue weighted by atomic mass is 32.2. The summed E-state index contributed by atoms with van der Waals surface area (Å²) >= 11 is 1.69. The van der Waals surface area contributed by atoms with Crippen LogP contribution in [0.1, 0.15) is 32.7 Å². The van der Waals surface area contributed by atoms with Crippen LogP contribution < -0.4 is 10.5 Å². The van der Waals surface area contributed by atoms with Crippen LogP contribution in [0.25, 0.3) is 10.9 Å². The van der Waals surface area contributed by atoms with Crippen molar-refractivity contribution in [1.29, 1.82) is 0 Å². The standard InChI is InChI=1S/C20H27N3O2S/c1-14(2)11-22-9-10-25-16(12-22)13-26-20-21-18-6-4-3-5-17(18)19(24)23(20)15-7-8-15/h3-6,14-16H,7-13H2,1-2H3/p+1/t16-/m0/s1. The Morgan fingerprint density at radius 2 is 2.15 bits per heavy atom. The van der Waals surface area contributed by atoms with Crippen LogP contribution in [0, 0.1) is 5.92 Å². The number of rotatable bonds is 6. The van der Waals surface area contributed by atoms with Gasteiger partial charge in [-0.25, -0.2) is 4.98 Å². The third-order valence-corrected chi connectivity index (χ3v) is 6.19. The monoisotopic (exact) mass is 374 g/mol. The molecule has 4 rings (SSSR count). The van der Waals surface area contributed by atoms with Gasteiger partial charge in [-0.05, 0) is 25.0 Å². The van der Waals surface area contributed by atoms with Crippen LogP contribution in [0.2, 0.25) is 0 Å². The average Bonchev–Trinajstić information content (AvgIpc) is 3.45. The molecular weight excluding hydrogens is 346 g/mol. The predicted octanol–water partition coefficient (Wildman–Crippen LogP) is 1.76. The third-order valence-electron chi connectivity index (χ3n) is 5.11. The van der Waals surface area contributed by atoms with E-state index in [2.05, 4.69) is 13.8 Å². The number of fused-ring (bicyclic) bond motifs is 1. The number of nitrogens with one attached hydrogen (secondary N) is 1. The summed E-state index contributed by atoms with van der Waals surface area (Å²) in [5.41, 5.74) is 0.908. The summed E-state index contributed by atoms with van der Waals surface area (Å²) in [7, 11) is 0. The SMILES string of the molecule is CC(C)C[NH+]1CCO[C@H](CSc2nc3ccccc3c(=O)n2C2CC2)C1. The second-order valence-electron chi connectivity index (χ2n) is 7.92. The fraction of sp³-hybridized carbons (Fsp3) is 0.600. The number of benzene rings is 1. The minimum atomic E-state index is 0.109. The summed E-state index contributed by atoms with van der Waals surface area (Å²) in [4.78, 5) is 19.4. The van der Waals surface area contributed by atoms with E-state index < -0.39 is 0 Å². The number of ether oxygens (including phenoxy) is 1. The number of quaternary nitrogens is 1. The molecular formula is C20H28N3O2S+. The molecule has 0 amide bonds. The van der Waals surface area contributed by atoms with E-state index in [0.29, 0.717) is 12.0 Å². The maximum absolute atomic E-state index is 12.9. The topological polar surface area (TPSA) is 48.6 Å². The molecule has 6 heteroatoms. The zero-order chi connectivity index (χ0) is 18.1. The van der Waals surface area contributed by atoms with Gasteiger partial charge in [-0.3, -0.25) is 9.36 Å². The van der Waals surface area contributed by atoms with Gasteiger partial charge >= 0.3 is 0 Å². The molecule has 1 saturated carbocycles. The molecule has 0 bridgehead atoms. The highest BCUT2D eigenvalue weighted by molar-refractivity contribution is 7.99. The van der Waals surface area contributed by atoms with Gasteiger partial charge in [-0.1, -0.05) is 37.7 Å². The van der Waals surface area contributed by atoms with E-state index in [9.17, 15) is 4.79 Å². The van der Waals surface area contributed by atoms with Crippen LogP contribution in [0.5, 0.6) is 0 Å². The zero-order valence-corrected chi connectivity index (χ0v) is 16.4. The van der Waals surface area contributed by atoms with Crippen molar-refractivity contribution in [3.8, 4) is 0 Å². The van der Waals surface area contributed by atoms with Gasteiger partial charge in [0.25, 0.3) is 5.56 Å². The van der Waals surface area contributed by atoms with Crippen molar-refractivity contribution in [2.45, 2.75) is 44.0 Å². The third kappa shape index (κ3) is 3.97. The Bertz CT molecular complexity index is 831. The van der Waals surface area contributed by atoms with Crippen molar-refractivity contribution in [3.05, 3.63) is 34.6 Å². The normalized spacial score (nSPS) is 23.7. The van der Waals surface area contributed by atoms with Gasteiger partial charge in [0.1, 0.15) is 19.2 Å². The molecule has 1 saturated heterocycles. The van der Waals surface area contributed by atoms with Crippen molar-refractivity contribution in [2.75, 3.05) is 32.0 Å². The summed E-state index contributed by atoms with van der Waals surface area (Å²) in [6.45, 7) is 8.73. The van der Waals surface area contributed by atoms with Crippen molar-refractivity contribution in [2.24, 2.45) is 5.92 Å². The number of hydrogen-bond acceptors (Lipinski definition) is 4. The lowest BCUT2D eigenvalue weighted by molar-refractivity contribution is -0.914. The maximum atomic E-state index is 12.9. The highest BCUT2D eigenvalue weighted by Crippen LogP contribution is 2.37. The fourth-order valence-corrected chi connectivity index (χ4v) is 4.86. The first-order chi connectivity index (χ1) is 12.6. The summed E-state index contributed by atoms with van der Waals surface area (Å²) in [6, 6.07) is 8.01. The lowest BCUT2D eigenvalue weighted by Crippen LogP contribution is -3.15. The number of thioether (sulfide) groups is 1. The van der Waals surface area contributed by atoms with Crippen molar-refractivity contribution >= 4 is 22.7 Å². The molecule has 0 spiro atoms. The first kappa shape index (κ1) is 18.0. The quantitative estimate of drug-likeness (QED) is 0.618. The molecule has 1 aliphatic carbocycles. The number of para-hydroxylation sites is 1. The molecule has 2 atom stereocenters. The minimum absolute atomic E-state index is 0.109.